The molecule has 2 unspecified atom stereocenters. The number of benzene rings is 2. The van der Waals surface area contributed by atoms with Crippen molar-refractivity contribution in [1.82, 2.24) is 25.0 Å². The van der Waals surface area contributed by atoms with Crippen LogP contribution in [0, 0.1) is 18.8 Å². The van der Waals surface area contributed by atoms with Gasteiger partial charge in [0.15, 0.2) is 5.78 Å². The molecule has 6 nitrogen and oxygen atoms in total. The number of aromatic nitrogens is 5. The van der Waals surface area contributed by atoms with Gasteiger partial charge in [-0.15, -0.1) is 0 Å². The average molecular weight is 464 g/mol. The molecule has 0 aliphatic heterocycles. The number of carbonyl (C=O) groups is 1. The van der Waals surface area contributed by atoms with Gasteiger partial charge in [-0.05, 0) is 74.4 Å². The molecule has 0 saturated heterocycles. The highest BCUT2D eigenvalue weighted by Crippen LogP contribution is 2.34. The van der Waals surface area contributed by atoms with E-state index in [-0.39, 0.29) is 5.78 Å². The summed E-state index contributed by atoms with van der Waals surface area (Å²) in [5.74, 6) is 1.20. The molecule has 2 aromatic carbocycles. The molecule has 1 aliphatic carbocycles. The fourth-order valence-corrected chi connectivity index (χ4v) is 5.65. The van der Waals surface area contributed by atoms with Gasteiger partial charge in [-0.2, -0.15) is 10.2 Å². The number of fused-ring (bicyclic) bond motifs is 2. The first kappa shape index (κ1) is 21.7. The number of aryl methyl sites for hydroxylation is 1. The minimum atomic E-state index is 0.222. The van der Waals surface area contributed by atoms with E-state index in [1.807, 2.05) is 43.5 Å². The average Bonchev–Trinajstić information content (AvgIpc) is 3.48. The van der Waals surface area contributed by atoms with Crippen molar-refractivity contribution >= 4 is 27.6 Å². The van der Waals surface area contributed by atoms with Gasteiger partial charge in [-0.25, -0.2) is 0 Å². The molecule has 6 heteroatoms. The number of hydrogen-bond acceptors (Lipinski definition) is 4. The van der Waals surface area contributed by atoms with E-state index in [2.05, 4.69) is 49.2 Å². The first-order chi connectivity index (χ1) is 17.1. The van der Waals surface area contributed by atoms with Crippen LogP contribution < -0.4 is 0 Å². The smallest absolute Gasteiger partial charge is 0.163 e. The number of aromatic amines is 1. The molecule has 0 amide bonds. The van der Waals surface area contributed by atoms with Crippen LogP contribution in [0.15, 0.2) is 67.0 Å². The molecule has 5 aromatic rings. The van der Waals surface area contributed by atoms with Gasteiger partial charge in [0.1, 0.15) is 5.69 Å². The summed E-state index contributed by atoms with van der Waals surface area (Å²) in [7, 11) is 0. The number of pyridine rings is 1. The summed E-state index contributed by atoms with van der Waals surface area (Å²) in [4.78, 5) is 17.6. The Kier molecular flexibility index (Phi) is 5.64. The highest BCUT2D eigenvalue weighted by atomic mass is 16.1. The number of H-pyrrole nitrogens is 1. The summed E-state index contributed by atoms with van der Waals surface area (Å²) >= 11 is 0. The number of Topliss-reactive ketones (excluding diaryl/α,β-unsaturated/α-hetero) is 1. The largest absolute Gasteiger partial charge is 0.294 e. The number of hydrogen-bond donors (Lipinski definition) is 1. The van der Waals surface area contributed by atoms with Crippen LogP contribution in [0.25, 0.3) is 33.1 Å². The van der Waals surface area contributed by atoms with Gasteiger partial charge in [-0.3, -0.25) is 19.6 Å². The minimum absolute atomic E-state index is 0.222. The Morgan fingerprint density at radius 2 is 1.97 bits per heavy atom. The van der Waals surface area contributed by atoms with Crippen LogP contribution in [0.1, 0.15) is 48.2 Å². The maximum absolute atomic E-state index is 13.3. The fourth-order valence-electron chi connectivity index (χ4n) is 5.65. The lowest BCUT2D eigenvalue weighted by atomic mass is 9.78. The quantitative estimate of drug-likeness (QED) is 0.297. The first-order valence-electron chi connectivity index (χ1n) is 12.5. The summed E-state index contributed by atoms with van der Waals surface area (Å²) in [6, 6.07) is 18.3. The number of ketones is 1. The number of rotatable bonds is 6. The molecule has 176 valence electrons. The zero-order valence-corrected chi connectivity index (χ0v) is 19.9. The van der Waals surface area contributed by atoms with E-state index >= 15 is 0 Å². The van der Waals surface area contributed by atoms with Crippen LogP contribution in [0.3, 0.4) is 0 Å². The number of nitrogens with zero attached hydrogens (tertiary/aromatic N) is 4. The normalized spacial score (nSPS) is 18.3. The summed E-state index contributed by atoms with van der Waals surface area (Å²) in [6.45, 7) is 2.90. The van der Waals surface area contributed by atoms with Crippen LogP contribution in [-0.4, -0.2) is 30.7 Å². The Morgan fingerprint density at radius 3 is 2.89 bits per heavy atom. The fraction of sp³-hybridized carbons (Fsp3) is 0.310. The summed E-state index contributed by atoms with van der Waals surface area (Å²) in [5, 5.41) is 14.4. The lowest BCUT2D eigenvalue weighted by molar-refractivity contribution is 0.0937. The van der Waals surface area contributed by atoms with Gasteiger partial charge in [0.25, 0.3) is 0 Å². The number of nitrogens with one attached hydrogen (secondary N) is 1. The second kappa shape index (κ2) is 9.10. The maximum Gasteiger partial charge on any atom is 0.163 e. The third kappa shape index (κ3) is 4.36. The maximum atomic E-state index is 13.3. The van der Waals surface area contributed by atoms with Gasteiger partial charge < -0.3 is 0 Å². The Bertz CT molecular complexity index is 1510. The van der Waals surface area contributed by atoms with Crippen molar-refractivity contribution in [2.24, 2.45) is 11.8 Å². The second-order valence-corrected chi connectivity index (χ2v) is 9.93. The van der Waals surface area contributed by atoms with Crippen LogP contribution in [0.2, 0.25) is 0 Å². The topological polar surface area (TPSA) is 76.5 Å². The van der Waals surface area contributed by atoms with Crippen LogP contribution in [-0.2, 0) is 6.54 Å². The Hall–Kier alpha value is -3.80. The molecule has 1 aliphatic rings. The van der Waals surface area contributed by atoms with Gasteiger partial charge in [0.2, 0.25) is 0 Å². The summed E-state index contributed by atoms with van der Waals surface area (Å²) < 4.78 is 2.14. The van der Waals surface area contributed by atoms with Gasteiger partial charge in [-0.1, -0.05) is 24.6 Å². The molecule has 3 aromatic heterocycles. The van der Waals surface area contributed by atoms with Crippen molar-refractivity contribution in [3.63, 3.8) is 0 Å². The molecule has 6 rings (SSSR count). The SMILES string of the molecule is Cc1cc(-c2n[nH]c3ccc(C(=O)CC4CCCC(Cn5ncc6ccccc65)C4)cc23)ccn1. The van der Waals surface area contributed by atoms with Crippen molar-refractivity contribution in [3.8, 4) is 11.3 Å². The lowest BCUT2D eigenvalue weighted by Gasteiger charge is -2.29. The minimum Gasteiger partial charge on any atom is -0.294 e. The third-order valence-corrected chi connectivity index (χ3v) is 7.40. The van der Waals surface area contributed by atoms with Gasteiger partial charge in [0, 0.05) is 46.8 Å². The number of carbonyl (C=O) groups excluding carboxylic acids is 1. The molecular formula is C29H29N5O. The van der Waals surface area contributed by atoms with Gasteiger partial charge in [0.05, 0.1) is 17.2 Å². The molecule has 1 fully saturated rings. The van der Waals surface area contributed by atoms with E-state index < -0.39 is 0 Å². The molecule has 0 radical (unpaired) electrons. The van der Waals surface area contributed by atoms with E-state index in [1.165, 1.54) is 23.7 Å². The lowest BCUT2D eigenvalue weighted by Crippen LogP contribution is -2.22. The Balaban J connectivity index is 1.17. The molecule has 3 heterocycles. The van der Waals surface area contributed by atoms with E-state index in [9.17, 15) is 4.79 Å². The van der Waals surface area contributed by atoms with Crippen LogP contribution in [0.4, 0.5) is 0 Å². The highest BCUT2D eigenvalue weighted by molar-refractivity contribution is 6.02. The molecule has 0 bridgehead atoms. The molecule has 2 atom stereocenters. The molecule has 1 N–H and O–H groups in total. The van der Waals surface area contributed by atoms with Crippen molar-refractivity contribution in [3.05, 3.63) is 78.2 Å². The van der Waals surface area contributed by atoms with Crippen molar-refractivity contribution in [1.29, 1.82) is 0 Å². The number of para-hydroxylation sites is 1. The predicted molar refractivity (Wildman–Crippen MR) is 138 cm³/mol. The molecule has 0 spiro atoms. The first-order valence-corrected chi connectivity index (χ1v) is 12.5. The summed E-state index contributed by atoms with van der Waals surface area (Å²) in [5.41, 5.74) is 5.72. The van der Waals surface area contributed by atoms with Crippen molar-refractivity contribution in [2.75, 3.05) is 0 Å². The van der Waals surface area contributed by atoms with Crippen LogP contribution >= 0.6 is 0 Å². The molecular weight excluding hydrogens is 434 g/mol. The van der Waals surface area contributed by atoms with E-state index in [0.717, 1.165) is 52.8 Å². The molecule has 35 heavy (non-hydrogen) atoms. The van der Waals surface area contributed by atoms with E-state index in [4.69, 9.17) is 0 Å². The molecule has 1 saturated carbocycles. The second-order valence-electron chi connectivity index (χ2n) is 9.93. The highest BCUT2D eigenvalue weighted by Gasteiger charge is 2.25. The van der Waals surface area contributed by atoms with Gasteiger partial charge >= 0.3 is 0 Å². The van der Waals surface area contributed by atoms with E-state index in [0.29, 0.717) is 18.3 Å². The summed E-state index contributed by atoms with van der Waals surface area (Å²) in [6.07, 6.45) is 8.93. The standard InChI is InChI=1S/C29H29N5O/c1-19-13-23(11-12-30-19)29-25-16-22(9-10-26(25)32-33-29)28(35)15-20-5-4-6-21(14-20)18-34-27-8-3-2-7-24(27)17-31-34/h2-3,7-13,16-17,20-21H,4-6,14-15,18H2,1H3,(H,32,33). The third-order valence-electron chi connectivity index (χ3n) is 7.40. The Labute approximate surface area is 204 Å². The zero-order valence-electron chi connectivity index (χ0n) is 19.9. The Morgan fingerprint density at radius 1 is 1.09 bits per heavy atom. The van der Waals surface area contributed by atoms with E-state index in [1.54, 1.807) is 6.20 Å². The van der Waals surface area contributed by atoms with Crippen LogP contribution in [0.5, 0.6) is 0 Å². The monoisotopic (exact) mass is 463 g/mol. The van der Waals surface area contributed by atoms with Crippen molar-refractivity contribution < 1.29 is 4.79 Å². The predicted octanol–water partition coefficient (Wildman–Crippen LogP) is 6.36. The van der Waals surface area contributed by atoms with Crippen molar-refractivity contribution in [2.45, 2.75) is 45.6 Å². The zero-order chi connectivity index (χ0) is 23.8.